The minimum absolute atomic E-state index is 0.00871. The molecule has 0 spiro atoms. The fourth-order valence-corrected chi connectivity index (χ4v) is 4.96. The van der Waals surface area contributed by atoms with Gasteiger partial charge in [-0.25, -0.2) is 0 Å². The van der Waals surface area contributed by atoms with E-state index in [1.54, 1.807) is 18.8 Å². The number of rotatable bonds is 6. The van der Waals surface area contributed by atoms with E-state index in [0.29, 0.717) is 38.3 Å². The highest BCUT2D eigenvalue weighted by molar-refractivity contribution is 5.92. The van der Waals surface area contributed by atoms with Gasteiger partial charge in [0.05, 0.1) is 24.9 Å². The maximum Gasteiger partial charge on any atom is 0.272 e. The van der Waals surface area contributed by atoms with Crippen molar-refractivity contribution >= 4 is 11.8 Å². The van der Waals surface area contributed by atoms with Gasteiger partial charge in [0.25, 0.3) is 5.91 Å². The van der Waals surface area contributed by atoms with Gasteiger partial charge in [0.1, 0.15) is 11.4 Å². The predicted octanol–water partition coefficient (Wildman–Crippen LogP) is 1.09. The summed E-state index contributed by atoms with van der Waals surface area (Å²) in [7, 11) is 3.40. The monoisotopic (exact) mass is 455 g/mol. The Morgan fingerprint density at radius 3 is 2.67 bits per heavy atom. The Bertz CT molecular complexity index is 998. The average molecular weight is 456 g/mol. The Morgan fingerprint density at radius 1 is 1.24 bits per heavy atom. The highest BCUT2D eigenvalue weighted by atomic mass is 16.5. The number of amides is 2. The number of β-amino-alcohol motifs (C(OH)–C–C–N with tert-alkyl or cyclic N) is 1. The second kappa shape index (κ2) is 9.93. The van der Waals surface area contributed by atoms with Crippen LogP contribution >= 0.6 is 0 Å². The number of nitrogens with one attached hydrogen (secondary N) is 1. The van der Waals surface area contributed by atoms with E-state index < -0.39 is 6.10 Å². The topological polar surface area (TPSA) is 99.9 Å². The summed E-state index contributed by atoms with van der Waals surface area (Å²) in [5, 5.41) is 17.6. The molecular formula is C24H33N5O4. The van der Waals surface area contributed by atoms with Crippen LogP contribution in [0.1, 0.15) is 41.0 Å². The summed E-state index contributed by atoms with van der Waals surface area (Å²) in [5.41, 5.74) is 2.38. The van der Waals surface area contributed by atoms with E-state index in [4.69, 9.17) is 4.74 Å². The number of hydrogen-bond acceptors (Lipinski definition) is 6. The van der Waals surface area contributed by atoms with Crippen molar-refractivity contribution in [3.63, 3.8) is 0 Å². The molecule has 1 aromatic heterocycles. The Kier molecular flexibility index (Phi) is 6.99. The third-order valence-corrected chi connectivity index (χ3v) is 6.66. The first-order chi connectivity index (χ1) is 15.9. The number of methoxy groups -OCH3 is 1. The SMILES string of the molecule is COc1cccc(CNC(=O)[C@@H]2C[C@@H](O)CN2C2CCN(C(=O)c3cc(C)nn3C)CC2)c1. The molecule has 1 aromatic carbocycles. The van der Waals surface area contributed by atoms with Crippen molar-refractivity contribution in [2.45, 2.75) is 50.9 Å². The molecule has 3 heterocycles. The highest BCUT2D eigenvalue weighted by Crippen LogP contribution is 2.27. The van der Waals surface area contributed by atoms with Crippen LogP contribution in [-0.2, 0) is 18.4 Å². The number of carbonyl (C=O) groups is 2. The van der Waals surface area contributed by atoms with Crippen LogP contribution in [0.2, 0.25) is 0 Å². The molecule has 9 nitrogen and oxygen atoms in total. The van der Waals surface area contributed by atoms with E-state index in [9.17, 15) is 14.7 Å². The number of hydrogen-bond donors (Lipinski definition) is 2. The van der Waals surface area contributed by atoms with Gasteiger partial charge in [-0.15, -0.1) is 0 Å². The summed E-state index contributed by atoms with van der Waals surface area (Å²) in [5.74, 6) is 0.672. The van der Waals surface area contributed by atoms with Crippen LogP contribution in [-0.4, -0.2) is 81.4 Å². The number of aryl methyl sites for hydroxylation is 2. The van der Waals surface area contributed by atoms with Gasteiger partial charge in [-0.3, -0.25) is 19.2 Å². The third kappa shape index (κ3) is 5.20. The predicted molar refractivity (Wildman–Crippen MR) is 123 cm³/mol. The Labute approximate surface area is 194 Å². The van der Waals surface area contributed by atoms with Gasteiger partial charge in [0, 0.05) is 39.3 Å². The van der Waals surface area contributed by atoms with Gasteiger partial charge in [-0.05, 0) is 49.9 Å². The molecule has 2 atom stereocenters. The van der Waals surface area contributed by atoms with Crippen molar-refractivity contribution in [3.05, 3.63) is 47.3 Å². The molecule has 33 heavy (non-hydrogen) atoms. The molecule has 9 heteroatoms. The summed E-state index contributed by atoms with van der Waals surface area (Å²) >= 11 is 0. The number of aliphatic hydroxyl groups excluding tert-OH is 1. The lowest BCUT2D eigenvalue weighted by molar-refractivity contribution is -0.126. The number of aromatic nitrogens is 2. The summed E-state index contributed by atoms with van der Waals surface area (Å²) in [6, 6.07) is 9.22. The fourth-order valence-electron chi connectivity index (χ4n) is 4.96. The van der Waals surface area contributed by atoms with Gasteiger partial charge in [0.15, 0.2) is 0 Å². The number of ether oxygens (including phenoxy) is 1. The van der Waals surface area contributed by atoms with Crippen LogP contribution in [0, 0.1) is 6.92 Å². The van der Waals surface area contributed by atoms with Crippen LogP contribution < -0.4 is 10.1 Å². The summed E-state index contributed by atoms with van der Waals surface area (Å²) in [4.78, 5) is 29.9. The summed E-state index contributed by atoms with van der Waals surface area (Å²) < 4.78 is 6.87. The zero-order chi connectivity index (χ0) is 23.5. The minimum Gasteiger partial charge on any atom is -0.497 e. The molecule has 4 rings (SSSR count). The molecule has 2 fully saturated rings. The first kappa shape index (κ1) is 23.3. The normalized spacial score (nSPS) is 21.9. The van der Waals surface area contributed by atoms with E-state index in [1.165, 1.54) is 0 Å². The van der Waals surface area contributed by atoms with Crippen LogP contribution in [0.15, 0.2) is 30.3 Å². The number of benzene rings is 1. The average Bonchev–Trinajstić information content (AvgIpc) is 3.38. The first-order valence-electron chi connectivity index (χ1n) is 11.5. The second-order valence-corrected chi connectivity index (χ2v) is 8.99. The van der Waals surface area contributed by atoms with Gasteiger partial charge in [-0.2, -0.15) is 5.10 Å². The lowest BCUT2D eigenvalue weighted by Crippen LogP contribution is -2.52. The molecule has 2 amide bonds. The van der Waals surface area contributed by atoms with Gasteiger partial charge >= 0.3 is 0 Å². The second-order valence-electron chi connectivity index (χ2n) is 8.99. The molecule has 178 valence electrons. The van der Waals surface area contributed by atoms with E-state index >= 15 is 0 Å². The van der Waals surface area contributed by atoms with Crippen molar-refractivity contribution in [2.75, 3.05) is 26.7 Å². The van der Waals surface area contributed by atoms with Crippen molar-refractivity contribution in [2.24, 2.45) is 7.05 Å². The maximum atomic E-state index is 13.0. The molecule has 0 radical (unpaired) electrons. The molecule has 2 aliphatic heterocycles. The smallest absolute Gasteiger partial charge is 0.272 e. The van der Waals surface area contributed by atoms with E-state index in [-0.39, 0.29) is 23.9 Å². The standard InChI is InChI=1S/C24H33N5O4/c1-16-11-22(27(2)26-16)24(32)28-9-7-18(8-10-28)29-15-19(30)13-21(29)23(31)25-14-17-5-4-6-20(12-17)33-3/h4-6,11-12,18-19,21,30H,7-10,13-15H2,1-3H3,(H,25,31)/t19-,21+/m1/s1. The molecule has 2 aliphatic rings. The highest BCUT2D eigenvalue weighted by Gasteiger charge is 2.41. The van der Waals surface area contributed by atoms with Crippen molar-refractivity contribution in [3.8, 4) is 5.75 Å². The Hall–Kier alpha value is -2.91. The van der Waals surface area contributed by atoms with Gasteiger partial charge < -0.3 is 20.1 Å². The van der Waals surface area contributed by atoms with Crippen molar-refractivity contribution < 1.29 is 19.4 Å². The Morgan fingerprint density at radius 2 is 2.00 bits per heavy atom. The lowest BCUT2D eigenvalue weighted by atomic mass is 10.0. The van der Waals surface area contributed by atoms with Gasteiger partial charge in [0.2, 0.25) is 5.91 Å². The molecule has 2 saturated heterocycles. The summed E-state index contributed by atoms with van der Waals surface area (Å²) in [6.07, 6.45) is 1.45. The molecule has 0 saturated carbocycles. The number of nitrogens with zero attached hydrogens (tertiary/aromatic N) is 4. The molecule has 0 unspecified atom stereocenters. The maximum absolute atomic E-state index is 13.0. The third-order valence-electron chi connectivity index (χ3n) is 6.66. The number of likely N-dealkylation sites (tertiary alicyclic amines) is 2. The number of carbonyl (C=O) groups excluding carboxylic acids is 2. The van der Waals surface area contributed by atoms with Crippen LogP contribution in [0.5, 0.6) is 5.75 Å². The van der Waals surface area contributed by atoms with E-state index in [2.05, 4.69) is 15.3 Å². The van der Waals surface area contributed by atoms with Gasteiger partial charge in [-0.1, -0.05) is 12.1 Å². The largest absolute Gasteiger partial charge is 0.497 e. The van der Waals surface area contributed by atoms with E-state index in [0.717, 1.165) is 29.8 Å². The Balaban J connectivity index is 1.34. The zero-order valence-electron chi connectivity index (χ0n) is 19.5. The fraction of sp³-hybridized carbons (Fsp3) is 0.542. The molecular weight excluding hydrogens is 422 g/mol. The summed E-state index contributed by atoms with van der Waals surface area (Å²) in [6.45, 7) is 4.02. The molecule has 0 bridgehead atoms. The van der Waals surface area contributed by atoms with Crippen molar-refractivity contribution in [1.82, 2.24) is 24.9 Å². The molecule has 2 aromatic rings. The van der Waals surface area contributed by atoms with E-state index in [1.807, 2.05) is 42.2 Å². The zero-order valence-corrected chi connectivity index (χ0v) is 19.5. The van der Waals surface area contributed by atoms with Crippen LogP contribution in [0.3, 0.4) is 0 Å². The van der Waals surface area contributed by atoms with Crippen LogP contribution in [0.4, 0.5) is 0 Å². The lowest BCUT2D eigenvalue weighted by Gasteiger charge is -2.38. The minimum atomic E-state index is -0.519. The van der Waals surface area contributed by atoms with Crippen molar-refractivity contribution in [1.29, 1.82) is 0 Å². The molecule has 0 aliphatic carbocycles. The molecule has 2 N–H and O–H groups in total. The number of piperidine rings is 1. The quantitative estimate of drug-likeness (QED) is 0.677. The van der Waals surface area contributed by atoms with Crippen LogP contribution in [0.25, 0.3) is 0 Å². The number of aliphatic hydroxyl groups is 1. The first-order valence-corrected chi connectivity index (χ1v) is 11.5.